The van der Waals surface area contributed by atoms with Crippen LogP contribution in [0, 0.1) is 10.1 Å². The van der Waals surface area contributed by atoms with Crippen molar-refractivity contribution in [1.29, 1.82) is 0 Å². The number of hydrogen-bond donors (Lipinski definition) is 1. The van der Waals surface area contributed by atoms with E-state index in [1.807, 2.05) is 6.92 Å². The molecule has 0 radical (unpaired) electrons. The van der Waals surface area contributed by atoms with Gasteiger partial charge < -0.3 is 10.0 Å². The quantitative estimate of drug-likeness (QED) is 0.485. The van der Waals surface area contributed by atoms with Gasteiger partial charge in [0.15, 0.2) is 0 Å². The summed E-state index contributed by atoms with van der Waals surface area (Å²) in [6, 6.07) is 3.91. The molecule has 0 aliphatic heterocycles. The second-order valence-corrected chi connectivity index (χ2v) is 3.97. The maximum atomic E-state index is 12.2. The third kappa shape index (κ3) is 3.31. The Hall–Kier alpha value is -2.37. The Morgan fingerprint density at radius 1 is 1.58 bits per heavy atom. The predicted octanol–water partition coefficient (Wildman–Crippen LogP) is 2.34. The number of amides is 1. The summed E-state index contributed by atoms with van der Waals surface area (Å²) in [5.74, 6) is -1.04. The highest BCUT2D eigenvalue weighted by Crippen LogP contribution is 2.30. The summed E-state index contributed by atoms with van der Waals surface area (Å²) in [4.78, 5) is 23.7. The number of carbonyl (C=O) groups is 1. The molecule has 6 nitrogen and oxygen atoms in total. The Balaban J connectivity index is 3.14. The third-order valence-electron chi connectivity index (χ3n) is 2.57. The largest absolute Gasteiger partial charge is 0.502 e. The lowest BCUT2D eigenvalue weighted by atomic mass is 10.1. The normalized spacial score (nSPS) is 9.95. The molecule has 0 atom stereocenters. The molecule has 1 N–H and O–H groups in total. The number of benzene rings is 1. The Morgan fingerprint density at radius 2 is 2.26 bits per heavy atom. The molecule has 6 heteroatoms. The van der Waals surface area contributed by atoms with Gasteiger partial charge in [-0.05, 0) is 12.5 Å². The summed E-state index contributed by atoms with van der Waals surface area (Å²) < 4.78 is 0. The summed E-state index contributed by atoms with van der Waals surface area (Å²) in [6.45, 7) is 6.30. The second-order valence-electron chi connectivity index (χ2n) is 3.97. The van der Waals surface area contributed by atoms with Crippen LogP contribution in [0.2, 0.25) is 0 Å². The lowest BCUT2D eigenvalue weighted by Gasteiger charge is -2.20. The smallest absolute Gasteiger partial charge is 0.311 e. The maximum absolute atomic E-state index is 12.2. The van der Waals surface area contributed by atoms with E-state index in [-0.39, 0.29) is 5.56 Å². The molecule has 19 heavy (non-hydrogen) atoms. The van der Waals surface area contributed by atoms with E-state index in [0.717, 1.165) is 12.5 Å². The van der Waals surface area contributed by atoms with Gasteiger partial charge in [0.1, 0.15) is 0 Å². The Labute approximate surface area is 111 Å². The number of para-hydroxylation sites is 1. The maximum Gasteiger partial charge on any atom is 0.311 e. The van der Waals surface area contributed by atoms with Crippen molar-refractivity contribution in [3.05, 3.63) is 46.5 Å². The number of nitrogens with zero attached hydrogens (tertiary/aromatic N) is 2. The highest BCUT2D eigenvalue weighted by Gasteiger charge is 2.23. The van der Waals surface area contributed by atoms with Crippen molar-refractivity contribution in [2.45, 2.75) is 13.3 Å². The van der Waals surface area contributed by atoms with E-state index in [1.165, 1.54) is 17.0 Å². The number of nitro groups is 1. The van der Waals surface area contributed by atoms with E-state index >= 15 is 0 Å². The van der Waals surface area contributed by atoms with Gasteiger partial charge in [0.05, 0.1) is 10.5 Å². The highest BCUT2D eigenvalue weighted by molar-refractivity contribution is 5.98. The van der Waals surface area contributed by atoms with Crippen molar-refractivity contribution in [3.8, 4) is 5.75 Å². The average Bonchev–Trinajstić information content (AvgIpc) is 2.37. The van der Waals surface area contributed by atoms with E-state index in [4.69, 9.17) is 0 Å². The van der Waals surface area contributed by atoms with Crippen molar-refractivity contribution in [1.82, 2.24) is 4.90 Å². The van der Waals surface area contributed by atoms with Crippen molar-refractivity contribution in [2.24, 2.45) is 0 Å². The molecule has 1 aromatic rings. The van der Waals surface area contributed by atoms with Crippen LogP contribution >= 0.6 is 0 Å². The van der Waals surface area contributed by atoms with Gasteiger partial charge in [-0.1, -0.05) is 19.1 Å². The van der Waals surface area contributed by atoms with Crippen molar-refractivity contribution < 1.29 is 14.8 Å². The number of carbonyl (C=O) groups excluding carboxylic acids is 1. The first kappa shape index (κ1) is 14.7. The minimum absolute atomic E-state index is 0.0653. The lowest BCUT2D eigenvalue weighted by Crippen LogP contribution is -2.32. The van der Waals surface area contributed by atoms with Crippen LogP contribution in [-0.4, -0.2) is 33.9 Å². The Kier molecular flexibility index (Phi) is 5.05. The van der Waals surface area contributed by atoms with Crippen LogP contribution < -0.4 is 0 Å². The number of phenols is 1. The molecular weight excluding hydrogens is 248 g/mol. The molecule has 0 saturated heterocycles. The summed E-state index contributed by atoms with van der Waals surface area (Å²) in [5.41, 5.74) is -0.537. The van der Waals surface area contributed by atoms with Gasteiger partial charge in [0.25, 0.3) is 5.91 Å². The molecule has 1 aromatic carbocycles. The average molecular weight is 264 g/mol. The number of hydrogen-bond acceptors (Lipinski definition) is 4. The fourth-order valence-electron chi connectivity index (χ4n) is 1.72. The zero-order valence-corrected chi connectivity index (χ0v) is 10.7. The van der Waals surface area contributed by atoms with Gasteiger partial charge in [-0.2, -0.15) is 0 Å². The Morgan fingerprint density at radius 3 is 2.79 bits per heavy atom. The number of nitro benzene ring substituents is 1. The van der Waals surface area contributed by atoms with Crippen LogP contribution in [0.5, 0.6) is 5.75 Å². The van der Waals surface area contributed by atoms with Crippen LogP contribution in [0.25, 0.3) is 0 Å². The van der Waals surface area contributed by atoms with E-state index in [9.17, 15) is 20.0 Å². The molecule has 102 valence electrons. The summed E-state index contributed by atoms with van der Waals surface area (Å²) in [6.07, 6.45) is 2.32. The van der Waals surface area contributed by atoms with Gasteiger partial charge in [0.2, 0.25) is 5.75 Å². The van der Waals surface area contributed by atoms with E-state index in [2.05, 4.69) is 6.58 Å². The zero-order valence-electron chi connectivity index (χ0n) is 10.7. The van der Waals surface area contributed by atoms with Crippen LogP contribution in [0.15, 0.2) is 30.9 Å². The monoisotopic (exact) mass is 264 g/mol. The molecule has 0 aliphatic carbocycles. The Bertz CT molecular complexity index is 499. The van der Waals surface area contributed by atoms with Crippen LogP contribution in [0.1, 0.15) is 23.7 Å². The number of aromatic hydroxyl groups is 1. The lowest BCUT2D eigenvalue weighted by molar-refractivity contribution is -0.385. The second kappa shape index (κ2) is 6.53. The van der Waals surface area contributed by atoms with Crippen LogP contribution in [-0.2, 0) is 0 Å². The van der Waals surface area contributed by atoms with Gasteiger partial charge in [-0.15, -0.1) is 6.58 Å². The van der Waals surface area contributed by atoms with Crippen molar-refractivity contribution in [3.63, 3.8) is 0 Å². The minimum atomic E-state index is -0.718. The first-order chi connectivity index (χ1) is 9.02. The zero-order chi connectivity index (χ0) is 14.4. The fourth-order valence-corrected chi connectivity index (χ4v) is 1.72. The minimum Gasteiger partial charge on any atom is -0.502 e. The van der Waals surface area contributed by atoms with Gasteiger partial charge >= 0.3 is 5.69 Å². The van der Waals surface area contributed by atoms with Crippen LogP contribution in [0.3, 0.4) is 0 Å². The molecule has 0 heterocycles. The predicted molar refractivity (Wildman–Crippen MR) is 71.2 cm³/mol. The standard InChI is InChI=1S/C13H16N2O4/c1-3-8-14(9-4-2)13(17)10-6-5-7-11(12(10)16)15(18)19/h3,5-7,16H,1,4,8-9H2,2H3. The molecule has 1 amide bonds. The topological polar surface area (TPSA) is 83.7 Å². The first-order valence-corrected chi connectivity index (χ1v) is 5.89. The van der Waals surface area contributed by atoms with Crippen molar-refractivity contribution >= 4 is 11.6 Å². The summed E-state index contributed by atoms with van der Waals surface area (Å²) in [5, 5.41) is 20.5. The fraction of sp³-hybridized carbons (Fsp3) is 0.308. The molecule has 0 fully saturated rings. The third-order valence-corrected chi connectivity index (χ3v) is 2.57. The van der Waals surface area contributed by atoms with Gasteiger partial charge in [-0.25, -0.2) is 0 Å². The SMILES string of the molecule is C=CCN(CCC)C(=O)c1cccc([N+](=O)[O-])c1O. The number of rotatable bonds is 6. The molecule has 0 unspecified atom stereocenters. The molecule has 0 aromatic heterocycles. The molecule has 1 rings (SSSR count). The van der Waals surface area contributed by atoms with Gasteiger partial charge in [-0.3, -0.25) is 14.9 Å². The molecule has 0 saturated carbocycles. The number of phenolic OH excluding ortho intramolecular Hbond substituents is 1. The highest BCUT2D eigenvalue weighted by atomic mass is 16.6. The van der Waals surface area contributed by atoms with E-state index in [1.54, 1.807) is 6.08 Å². The summed E-state index contributed by atoms with van der Waals surface area (Å²) in [7, 11) is 0. The molecular formula is C13H16N2O4. The van der Waals surface area contributed by atoms with E-state index < -0.39 is 22.3 Å². The summed E-state index contributed by atoms with van der Waals surface area (Å²) >= 11 is 0. The molecule has 0 spiro atoms. The van der Waals surface area contributed by atoms with Gasteiger partial charge in [0, 0.05) is 19.2 Å². The van der Waals surface area contributed by atoms with Crippen molar-refractivity contribution in [2.75, 3.05) is 13.1 Å². The van der Waals surface area contributed by atoms with E-state index in [0.29, 0.717) is 13.1 Å². The molecule has 0 bridgehead atoms. The van der Waals surface area contributed by atoms with Crippen LogP contribution in [0.4, 0.5) is 5.69 Å². The first-order valence-electron chi connectivity index (χ1n) is 5.89. The molecule has 0 aliphatic rings.